The van der Waals surface area contributed by atoms with Crippen LogP contribution in [0, 0.1) is 0 Å². The Kier molecular flexibility index (Phi) is 5.22. The largest absolute Gasteiger partial charge is 0.495 e. The molecular formula is C14H19BrN2O2. The number of ether oxygens (including phenoxy) is 1. The van der Waals surface area contributed by atoms with Crippen LogP contribution in [0.5, 0.6) is 5.75 Å². The molecule has 5 heteroatoms. The molecule has 4 nitrogen and oxygen atoms in total. The minimum absolute atomic E-state index is 0.103. The molecule has 1 aliphatic heterocycles. The highest BCUT2D eigenvalue weighted by molar-refractivity contribution is 9.10. The maximum atomic E-state index is 11.8. The van der Waals surface area contributed by atoms with Crippen molar-refractivity contribution in [3.63, 3.8) is 0 Å². The third-order valence-electron chi connectivity index (χ3n) is 3.33. The Morgan fingerprint density at radius 1 is 1.47 bits per heavy atom. The number of carbonyl (C=O) groups is 1. The number of amides is 1. The minimum atomic E-state index is -0.105. The van der Waals surface area contributed by atoms with E-state index in [-0.39, 0.29) is 11.9 Å². The van der Waals surface area contributed by atoms with Gasteiger partial charge in [0.15, 0.2) is 0 Å². The van der Waals surface area contributed by atoms with Crippen molar-refractivity contribution in [1.82, 2.24) is 10.6 Å². The molecule has 1 amide bonds. The van der Waals surface area contributed by atoms with Gasteiger partial charge in [0.25, 0.3) is 0 Å². The normalized spacial score (nSPS) is 19.7. The molecule has 0 bridgehead atoms. The van der Waals surface area contributed by atoms with Crippen molar-refractivity contribution in [3.8, 4) is 5.75 Å². The Hall–Kier alpha value is -1.07. The van der Waals surface area contributed by atoms with Gasteiger partial charge in [0.1, 0.15) is 5.75 Å². The first-order chi connectivity index (χ1) is 9.22. The predicted octanol–water partition coefficient (Wildman–Crippen LogP) is 2.22. The SMILES string of the molecule is COc1c(Br)cccc1CN[C@H]1CCCCNC1=O. The second-order valence-corrected chi connectivity index (χ2v) is 5.51. The van der Waals surface area contributed by atoms with E-state index in [2.05, 4.69) is 26.6 Å². The number of rotatable bonds is 4. The van der Waals surface area contributed by atoms with E-state index in [0.29, 0.717) is 6.54 Å². The highest BCUT2D eigenvalue weighted by atomic mass is 79.9. The molecule has 0 unspecified atom stereocenters. The molecule has 1 aromatic carbocycles. The van der Waals surface area contributed by atoms with Crippen molar-refractivity contribution in [3.05, 3.63) is 28.2 Å². The summed E-state index contributed by atoms with van der Waals surface area (Å²) in [5, 5.41) is 6.25. The van der Waals surface area contributed by atoms with Gasteiger partial charge in [-0.25, -0.2) is 0 Å². The maximum absolute atomic E-state index is 11.8. The first-order valence-electron chi connectivity index (χ1n) is 6.55. The molecule has 1 aromatic rings. The zero-order valence-electron chi connectivity index (χ0n) is 11.0. The Balaban J connectivity index is 2.01. The summed E-state index contributed by atoms with van der Waals surface area (Å²) in [4.78, 5) is 11.8. The number of methoxy groups -OCH3 is 1. The maximum Gasteiger partial charge on any atom is 0.237 e. The van der Waals surface area contributed by atoms with Gasteiger partial charge in [0.05, 0.1) is 17.6 Å². The molecule has 1 saturated heterocycles. The Bertz CT molecular complexity index is 451. The summed E-state index contributed by atoms with van der Waals surface area (Å²) in [6, 6.07) is 5.81. The third kappa shape index (κ3) is 3.70. The smallest absolute Gasteiger partial charge is 0.237 e. The second-order valence-electron chi connectivity index (χ2n) is 4.65. The Morgan fingerprint density at radius 2 is 2.32 bits per heavy atom. The molecule has 1 fully saturated rings. The fourth-order valence-electron chi connectivity index (χ4n) is 2.29. The quantitative estimate of drug-likeness (QED) is 0.892. The molecule has 2 rings (SSSR count). The lowest BCUT2D eigenvalue weighted by Crippen LogP contribution is -2.42. The highest BCUT2D eigenvalue weighted by Crippen LogP contribution is 2.28. The number of hydrogen-bond acceptors (Lipinski definition) is 3. The fourth-order valence-corrected chi connectivity index (χ4v) is 2.86. The van der Waals surface area contributed by atoms with Crippen LogP contribution in [0.15, 0.2) is 22.7 Å². The summed E-state index contributed by atoms with van der Waals surface area (Å²) >= 11 is 3.47. The summed E-state index contributed by atoms with van der Waals surface area (Å²) in [6.45, 7) is 1.41. The summed E-state index contributed by atoms with van der Waals surface area (Å²) < 4.78 is 6.31. The van der Waals surface area contributed by atoms with Crippen molar-refractivity contribution >= 4 is 21.8 Å². The lowest BCUT2D eigenvalue weighted by atomic mass is 10.1. The molecule has 0 saturated carbocycles. The lowest BCUT2D eigenvalue weighted by Gasteiger charge is -2.17. The van der Waals surface area contributed by atoms with Crippen molar-refractivity contribution in [2.24, 2.45) is 0 Å². The number of para-hydroxylation sites is 1. The van der Waals surface area contributed by atoms with Crippen LogP contribution in [0.2, 0.25) is 0 Å². The van der Waals surface area contributed by atoms with E-state index in [9.17, 15) is 4.79 Å². The van der Waals surface area contributed by atoms with E-state index in [1.54, 1.807) is 7.11 Å². The van der Waals surface area contributed by atoms with Crippen molar-refractivity contribution in [1.29, 1.82) is 0 Å². The van der Waals surface area contributed by atoms with Gasteiger partial charge in [-0.1, -0.05) is 12.1 Å². The van der Waals surface area contributed by atoms with E-state index in [1.807, 2.05) is 18.2 Å². The summed E-state index contributed by atoms with van der Waals surface area (Å²) in [6.07, 6.45) is 3.03. The lowest BCUT2D eigenvalue weighted by molar-refractivity contribution is -0.122. The van der Waals surface area contributed by atoms with Crippen molar-refractivity contribution < 1.29 is 9.53 Å². The van der Waals surface area contributed by atoms with Crippen LogP contribution in [0.4, 0.5) is 0 Å². The first kappa shape index (κ1) is 14.3. The van der Waals surface area contributed by atoms with Gasteiger partial charge in [0, 0.05) is 18.7 Å². The first-order valence-corrected chi connectivity index (χ1v) is 7.34. The molecule has 0 spiro atoms. The van der Waals surface area contributed by atoms with Gasteiger partial charge >= 0.3 is 0 Å². The topological polar surface area (TPSA) is 50.4 Å². The molecule has 1 atom stereocenters. The minimum Gasteiger partial charge on any atom is -0.495 e. The average Bonchev–Trinajstić information content (AvgIpc) is 2.61. The zero-order chi connectivity index (χ0) is 13.7. The van der Waals surface area contributed by atoms with Gasteiger partial charge in [-0.3, -0.25) is 4.79 Å². The number of benzene rings is 1. The number of halogens is 1. The number of carbonyl (C=O) groups excluding carboxylic acids is 1. The fraction of sp³-hybridized carbons (Fsp3) is 0.500. The molecule has 104 valence electrons. The van der Waals surface area contributed by atoms with Crippen molar-refractivity contribution in [2.75, 3.05) is 13.7 Å². The summed E-state index contributed by atoms with van der Waals surface area (Å²) in [7, 11) is 1.65. The van der Waals surface area contributed by atoms with E-state index >= 15 is 0 Å². The summed E-state index contributed by atoms with van der Waals surface area (Å²) in [5.41, 5.74) is 1.05. The summed E-state index contributed by atoms with van der Waals surface area (Å²) in [5.74, 6) is 0.926. The standard InChI is InChI=1S/C14H19BrN2O2/c1-19-13-10(5-4-6-11(13)15)9-17-12-7-2-3-8-16-14(12)18/h4-6,12,17H,2-3,7-9H2,1H3,(H,16,18)/t12-/m0/s1. The Labute approximate surface area is 122 Å². The molecule has 0 aromatic heterocycles. The zero-order valence-corrected chi connectivity index (χ0v) is 12.6. The van der Waals surface area contributed by atoms with Crippen LogP contribution in [-0.4, -0.2) is 25.6 Å². The van der Waals surface area contributed by atoms with E-state index < -0.39 is 0 Å². The van der Waals surface area contributed by atoms with Gasteiger partial charge in [0.2, 0.25) is 5.91 Å². The third-order valence-corrected chi connectivity index (χ3v) is 3.95. The number of hydrogen-bond donors (Lipinski definition) is 2. The molecule has 1 aliphatic rings. The van der Waals surface area contributed by atoms with Crippen molar-refractivity contribution in [2.45, 2.75) is 31.8 Å². The average molecular weight is 327 g/mol. The number of nitrogens with one attached hydrogen (secondary N) is 2. The second kappa shape index (κ2) is 6.91. The van der Waals surface area contributed by atoms with Crippen LogP contribution in [0.25, 0.3) is 0 Å². The molecular weight excluding hydrogens is 308 g/mol. The molecule has 19 heavy (non-hydrogen) atoms. The van der Waals surface area contributed by atoms with Gasteiger partial charge in [-0.15, -0.1) is 0 Å². The van der Waals surface area contributed by atoms with Crippen LogP contribution in [0.3, 0.4) is 0 Å². The van der Waals surface area contributed by atoms with E-state index in [4.69, 9.17) is 4.74 Å². The monoisotopic (exact) mass is 326 g/mol. The van der Waals surface area contributed by atoms with Crippen LogP contribution in [0.1, 0.15) is 24.8 Å². The molecule has 0 radical (unpaired) electrons. The van der Waals surface area contributed by atoms with Crippen LogP contribution in [-0.2, 0) is 11.3 Å². The van der Waals surface area contributed by atoms with E-state index in [1.165, 1.54) is 0 Å². The Morgan fingerprint density at radius 3 is 3.11 bits per heavy atom. The van der Waals surface area contributed by atoms with Crippen LogP contribution < -0.4 is 15.4 Å². The van der Waals surface area contributed by atoms with Gasteiger partial charge < -0.3 is 15.4 Å². The molecule has 1 heterocycles. The van der Waals surface area contributed by atoms with Gasteiger partial charge in [-0.2, -0.15) is 0 Å². The highest BCUT2D eigenvalue weighted by Gasteiger charge is 2.20. The predicted molar refractivity (Wildman–Crippen MR) is 78.2 cm³/mol. The van der Waals surface area contributed by atoms with Gasteiger partial charge in [-0.05, 0) is 41.3 Å². The molecule has 0 aliphatic carbocycles. The molecule has 2 N–H and O–H groups in total. The van der Waals surface area contributed by atoms with E-state index in [0.717, 1.165) is 41.6 Å². The van der Waals surface area contributed by atoms with Crippen LogP contribution >= 0.6 is 15.9 Å².